The molecule has 0 atom stereocenters. The van der Waals surface area contributed by atoms with Gasteiger partial charge in [-0.2, -0.15) is 0 Å². The largest absolute Gasteiger partial charge is 0.477 e. The second-order valence-corrected chi connectivity index (χ2v) is 2.95. The predicted molar refractivity (Wildman–Crippen MR) is 57.1 cm³/mol. The summed E-state index contributed by atoms with van der Waals surface area (Å²) in [5, 5.41) is 0. The Kier molecular flexibility index (Phi) is 4.72. The lowest BCUT2D eigenvalue weighted by Gasteiger charge is -2.07. The van der Waals surface area contributed by atoms with Gasteiger partial charge >= 0.3 is 0 Å². The van der Waals surface area contributed by atoms with Crippen molar-refractivity contribution in [2.75, 3.05) is 6.61 Å². The van der Waals surface area contributed by atoms with Gasteiger partial charge in [0.05, 0.1) is 6.61 Å². The number of nitrogens with two attached hydrogens (primary N) is 1. The lowest BCUT2D eigenvalue weighted by Crippen LogP contribution is -2.05. The van der Waals surface area contributed by atoms with Gasteiger partial charge in [0.15, 0.2) is 0 Å². The number of pyridine rings is 1. The zero-order chi connectivity index (χ0) is 10.2. The molecule has 14 heavy (non-hydrogen) atoms. The van der Waals surface area contributed by atoms with Crippen LogP contribution >= 0.6 is 0 Å². The van der Waals surface area contributed by atoms with E-state index in [2.05, 4.69) is 11.6 Å². The van der Waals surface area contributed by atoms with E-state index >= 15 is 0 Å². The molecular weight excluding hydrogens is 176 g/mol. The maximum absolute atomic E-state index is 5.54. The van der Waals surface area contributed by atoms with Crippen LogP contribution in [0.25, 0.3) is 0 Å². The van der Waals surface area contributed by atoms with Crippen molar-refractivity contribution in [2.45, 2.75) is 19.4 Å². The number of rotatable bonds is 6. The van der Waals surface area contributed by atoms with E-state index in [4.69, 9.17) is 10.5 Å². The molecule has 0 aliphatic rings. The highest BCUT2D eigenvalue weighted by atomic mass is 16.5. The fourth-order valence-corrected chi connectivity index (χ4v) is 1.11. The number of unbranched alkanes of at least 4 members (excludes halogenated alkanes) is 1. The van der Waals surface area contributed by atoms with Gasteiger partial charge in [-0.1, -0.05) is 12.1 Å². The molecule has 0 radical (unpaired) electrons. The molecule has 1 aromatic heterocycles. The zero-order valence-corrected chi connectivity index (χ0v) is 8.28. The summed E-state index contributed by atoms with van der Waals surface area (Å²) in [6.07, 6.45) is 5.52. The van der Waals surface area contributed by atoms with Gasteiger partial charge in [0.25, 0.3) is 0 Å². The first-order valence-electron chi connectivity index (χ1n) is 4.76. The minimum Gasteiger partial charge on any atom is -0.477 e. The highest BCUT2D eigenvalue weighted by Gasteiger charge is 2.01. The van der Waals surface area contributed by atoms with Crippen LogP contribution in [0, 0.1) is 0 Å². The summed E-state index contributed by atoms with van der Waals surface area (Å²) in [5.74, 6) is 0.652. The molecule has 0 bridgehead atoms. The Morgan fingerprint density at radius 3 is 3.14 bits per heavy atom. The van der Waals surface area contributed by atoms with Gasteiger partial charge in [-0.3, -0.25) is 0 Å². The normalized spacial score (nSPS) is 9.79. The number of allylic oxidation sites excluding steroid dienone is 1. The van der Waals surface area contributed by atoms with Crippen molar-refractivity contribution in [1.29, 1.82) is 0 Å². The Labute approximate surface area is 84.6 Å². The highest BCUT2D eigenvalue weighted by molar-refractivity contribution is 5.24. The van der Waals surface area contributed by atoms with Gasteiger partial charge < -0.3 is 10.5 Å². The monoisotopic (exact) mass is 192 g/mol. The zero-order valence-electron chi connectivity index (χ0n) is 8.28. The number of hydrogen-bond donors (Lipinski definition) is 1. The number of aromatic nitrogens is 1. The molecule has 0 aliphatic heterocycles. The molecule has 0 aliphatic carbocycles. The molecule has 0 spiro atoms. The van der Waals surface area contributed by atoms with Crippen molar-refractivity contribution < 1.29 is 4.74 Å². The molecule has 0 aromatic carbocycles. The third kappa shape index (κ3) is 3.18. The van der Waals surface area contributed by atoms with Crippen molar-refractivity contribution in [3.63, 3.8) is 0 Å². The average Bonchev–Trinajstić information content (AvgIpc) is 2.25. The van der Waals surface area contributed by atoms with Crippen LogP contribution in [0.3, 0.4) is 0 Å². The van der Waals surface area contributed by atoms with E-state index in [0.29, 0.717) is 19.0 Å². The van der Waals surface area contributed by atoms with Crippen LogP contribution in [-0.2, 0) is 6.54 Å². The minimum atomic E-state index is 0.463. The van der Waals surface area contributed by atoms with Crippen molar-refractivity contribution in [3.8, 4) is 5.88 Å². The highest BCUT2D eigenvalue weighted by Crippen LogP contribution is 2.13. The van der Waals surface area contributed by atoms with Crippen molar-refractivity contribution in [2.24, 2.45) is 5.73 Å². The van der Waals surface area contributed by atoms with Gasteiger partial charge in [0, 0.05) is 18.3 Å². The molecule has 2 N–H and O–H groups in total. The van der Waals surface area contributed by atoms with E-state index < -0.39 is 0 Å². The van der Waals surface area contributed by atoms with E-state index in [1.54, 1.807) is 6.20 Å². The molecule has 0 saturated heterocycles. The Morgan fingerprint density at radius 1 is 1.57 bits per heavy atom. The summed E-state index contributed by atoms with van der Waals surface area (Å²) in [5.41, 5.74) is 6.49. The van der Waals surface area contributed by atoms with Gasteiger partial charge in [-0.25, -0.2) is 4.98 Å². The van der Waals surface area contributed by atoms with E-state index in [9.17, 15) is 0 Å². The third-order valence-electron chi connectivity index (χ3n) is 1.86. The van der Waals surface area contributed by atoms with Crippen LogP contribution in [0.15, 0.2) is 31.0 Å². The van der Waals surface area contributed by atoms with Crippen molar-refractivity contribution in [3.05, 3.63) is 36.5 Å². The summed E-state index contributed by atoms with van der Waals surface area (Å²) in [6.45, 7) is 4.77. The first kappa shape index (κ1) is 10.7. The molecule has 3 heteroatoms. The summed E-state index contributed by atoms with van der Waals surface area (Å²) < 4.78 is 5.49. The Hall–Kier alpha value is -1.35. The molecular formula is C11H16N2O. The first-order chi connectivity index (χ1) is 6.88. The van der Waals surface area contributed by atoms with Gasteiger partial charge in [0.1, 0.15) is 0 Å². The summed E-state index contributed by atoms with van der Waals surface area (Å²) in [7, 11) is 0. The topological polar surface area (TPSA) is 48.1 Å². The second-order valence-electron chi connectivity index (χ2n) is 2.95. The van der Waals surface area contributed by atoms with Crippen LogP contribution in [0.5, 0.6) is 5.88 Å². The maximum Gasteiger partial charge on any atom is 0.217 e. The Balaban J connectivity index is 2.44. The van der Waals surface area contributed by atoms with E-state index in [1.807, 2.05) is 18.2 Å². The lowest BCUT2D eigenvalue weighted by atomic mass is 10.3. The van der Waals surface area contributed by atoms with Crippen LogP contribution in [-0.4, -0.2) is 11.6 Å². The molecule has 1 heterocycles. The fourth-order valence-electron chi connectivity index (χ4n) is 1.11. The number of ether oxygens (including phenoxy) is 1. The molecule has 0 saturated carbocycles. The van der Waals surface area contributed by atoms with Gasteiger partial charge in [-0.15, -0.1) is 6.58 Å². The SMILES string of the molecule is C=CCCCOc1ncccc1CN. The number of nitrogens with zero attached hydrogens (tertiary/aromatic N) is 1. The first-order valence-corrected chi connectivity index (χ1v) is 4.76. The van der Waals surface area contributed by atoms with Crippen molar-refractivity contribution >= 4 is 0 Å². The molecule has 3 nitrogen and oxygen atoms in total. The minimum absolute atomic E-state index is 0.463. The standard InChI is InChI=1S/C11H16N2O/c1-2-3-4-8-14-11-10(9-12)6-5-7-13-11/h2,5-7H,1,3-4,8-9,12H2. The molecule has 0 fully saturated rings. The predicted octanol–water partition coefficient (Wildman–Crippen LogP) is 1.89. The van der Waals surface area contributed by atoms with Crippen LogP contribution in [0.1, 0.15) is 18.4 Å². The van der Waals surface area contributed by atoms with Crippen molar-refractivity contribution in [1.82, 2.24) is 4.98 Å². The van der Waals surface area contributed by atoms with Gasteiger partial charge in [-0.05, 0) is 18.9 Å². The molecule has 1 aromatic rings. The maximum atomic E-state index is 5.54. The summed E-state index contributed by atoms with van der Waals surface area (Å²) in [6, 6.07) is 3.79. The Morgan fingerprint density at radius 2 is 2.43 bits per heavy atom. The van der Waals surface area contributed by atoms with Gasteiger partial charge in [0.2, 0.25) is 5.88 Å². The second kappa shape index (κ2) is 6.16. The average molecular weight is 192 g/mol. The fraction of sp³-hybridized carbons (Fsp3) is 0.364. The summed E-state index contributed by atoms with van der Waals surface area (Å²) in [4.78, 5) is 4.12. The van der Waals surface area contributed by atoms with Crippen LogP contribution in [0.2, 0.25) is 0 Å². The summed E-state index contributed by atoms with van der Waals surface area (Å²) >= 11 is 0. The van der Waals surface area contributed by atoms with Crippen LogP contribution < -0.4 is 10.5 Å². The molecule has 76 valence electrons. The third-order valence-corrected chi connectivity index (χ3v) is 1.86. The van der Waals surface area contributed by atoms with E-state index in [1.165, 1.54) is 0 Å². The smallest absolute Gasteiger partial charge is 0.217 e. The van der Waals surface area contributed by atoms with E-state index in [0.717, 1.165) is 18.4 Å². The Bertz CT molecular complexity index is 286. The molecule has 0 unspecified atom stereocenters. The molecule has 1 rings (SSSR count). The number of hydrogen-bond acceptors (Lipinski definition) is 3. The van der Waals surface area contributed by atoms with Crippen LogP contribution in [0.4, 0.5) is 0 Å². The van der Waals surface area contributed by atoms with E-state index in [-0.39, 0.29) is 0 Å². The quantitative estimate of drug-likeness (QED) is 0.553. The lowest BCUT2D eigenvalue weighted by molar-refractivity contribution is 0.297. The molecule has 0 amide bonds.